The fraction of sp³-hybridized carbons (Fsp3) is 0.500. The number of hydrogen-bond acceptors (Lipinski definition) is 3. The molecule has 2 rings (SSSR count). The third-order valence-corrected chi connectivity index (χ3v) is 3.10. The molecule has 88 valence electrons. The molecule has 0 aliphatic heterocycles. The van der Waals surface area contributed by atoms with E-state index in [-0.39, 0.29) is 12.2 Å². The smallest absolute Gasteiger partial charge is 0.142 e. The summed E-state index contributed by atoms with van der Waals surface area (Å²) in [7, 11) is 0. The van der Waals surface area contributed by atoms with Crippen molar-refractivity contribution in [1.82, 2.24) is 0 Å². The maximum atomic E-state index is 9.54. The number of anilines is 1. The van der Waals surface area contributed by atoms with Crippen LogP contribution in [0.15, 0.2) is 18.2 Å². The molecule has 0 spiro atoms. The van der Waals surface area contributed by atoms with E-state index in [1.165, 1.54) is 0 Å². The summed E-state index contributed by atoms with van der Waals surface area (Å²) in [6, 6.07) is 5.21. The SMILES string of the molecule is Nc1cc(Cl)ccc1OC1CCCC(O)C1. The first-order valence-electron chi connectivity index (χ1n) is 5.55. The second-order valence-corrected chi connectivity index (χ2v) is 4.68. The second-order valence-electron chi connectivity index (χ2n) is 4.24. The Morgan fingerprint density at radius 1 is 1.38 bits per heavy atom. The van der Waals surface area contributed by atoms with Crippen LogP contribution in [0.1, 0.15) is 25.7 Å². The van der Waals surface area contributed by atoms with Gasteiger partial charge in [0, 0.05) is 11.4 Å². The van der Waals surface area contributed by atoms with Crippen molar-refractivity contribution in [3.05, 3.63) is 23.2 Å². The number of ether oxygens (including phenoxy) is 1. The van der Waals surface area contributed by atoms with Crippen molar-refractivity contribution in [3.63, 3.8) is 0 Å². The first-order chi connectivity index (χ1) is 7.65. The van der Waals surface area contributed by atoms with Gasteiger partial charge in [-0.1, -0.05) is 11.6 Å². The Bertz CT molecular complexity index is 370. The molecule has 1 aromatic carbocycles. The van der Waals surface area contributed by atoms with Gasteiger partial charge in [0.1, 0.15) is 11.9 Å². The van der Waals surface area contributed by atoms with E-state index in [9.17, 15) is 5.11 Å². The summed E-state index contributed by atoms with van der Waals surface area (Å²) in [5, 5.41) is 10.1. The number of hydrogen-bond donors (Lipinski definition) is 2. The van der Waals surface area contributed by atoms with E-state index in [1.807, 2.05) is 0 Å². The zero-order valence-corrected chi connectivity index (χ0v) is 9.78. The molecule has 0 saturated heterocycles. The van der Waals surface area contributed by atoms with Crippen LogP contribution in [0.3, 0.4) is 0 Å². The molecule has 0 radical (unpaired) electrons. The number of nitrogens with two attached hydrogens (primary N) is 1. The molecule has 2 unspecified atom stereocenters. The summed E-state index contributed by atoms with van der Waals surface area (Å²) in [4.78, 5) is 0. The summed E-state index contributed by atoms with van der Waals surface area (Å²) in [5.41, 5.74) is 6.35. The highest BCUT2D eigenvalue weighted by Crippen LogP contribution is 2.29. The topological polar surface area (TPSA) is 55.5 Å². The van der Waals surface area contributed by atoms with Crippen molar-refractivity contribution >= 4 is 17.3 Å². The van der Waals surface area contributed by atoms with Gasteiger partial charge >= 0.3 is 0 Å². The number of nitrogen functional groups attached to an aromatic ring is 1. The van der Waals surface area contributed by atoms with Crippen LogP contribution in [-0.2, 0) is 0 Å². The fourth-order valence-electron chi connectivity index (χ4n) is 2.03. The molecule has 0 amide bonds. The monoisotopic (exact) mass is 241 g/mol. The van der Waals surface area contributed by atoms with Crippen LogP contribution in [-0.4, -0.2) is 17.3 Å². The van der Waals surface area contributed by atoms with Gasteiger partial charge in [-0.25, -0.2) is 0 Å². The Morgan fingerprint density at radius 3 is 2.88 bits per heavy atom. The molecular formula is C12H16ClNO2. The molecule has 3 N–H and O–H groups in total. The molecule has 3 nitrogen and oxygen atoms in total. The molecule has 1 aliphatic rings. The van der Waals surface area contributed by atoms with Crippen molar-refractivity contribution in [2.24, 2.45) is 0 Å². The predicted octanol–water partition coefficient (Wildman–Crippen LogP) is 2.60. The number of benzene rings is 1. The zero-order chi connectivity index (χ0) is 11.5. The Hall–Kier alpha value is -0.930. The number of rotatable bonds is 2. The minimum absolute atomic E-state index is 0.0622. The van der Waals surface area contributed by atoms with Gasteiger partial charge in [-0.15, -0.1) is 0 Å². The van der Waals surface area contributed by atoms with Crippen molar-refractivity contribution in [2.75, 3.05) is 5.73 Å². The van der Waals surface area contributed by atoms with Crippen molar-refractivity contribution < 1.29 is 9.84 Å². The summed E-state index contributed by atoms with van der Waals surface area (Å²) in [5.74, 6) is 0.656. The quantitative estimate of drug-likeness (QED) is 0.783. The van der Waals surface area contributed by atoms with E-state index < -0.39 is 0 Å². The molecular weight excluding hydrogens is 226 g/mol. The molecule has 1 aliphatic carbocycles. The highest BCUT2D eigenvalue weighted by Gasteiger charge is 2.22. The number of aliphatic hydroxyl groups excluding tert-OH is 1. The van der Waals surface area contributed by atoms with Gasteiger partial charge in [-0.3, -0.25) is 0 Å². The van der Waals surface area contributed by atoms with E-state index in [2.05, 4.69) is 0 Å². The van der Waals surface area contributed by atoms with E-state index >= 15 is 0 Å². The molecule has 16 heavy (non-hydrogen) atoms. The maximum Gasteiger partial charge on any atom is 0.142 e. The lowest BCUT2D eigenvalue weighted by Gasteiger charge is -2.27. The predicted molar refractivity (Wildman–Crippen MR) is 64.8 cm³/mol. The molecule has 0 bridgehead atoms. The van der Waals surface area contributed by atoms with Crippen LogP contribution in [0, 0.1) is 0 Å². The van der Waals surface area contributed by atoms with Crippen LogP contribution in [0.5, 0.6) is 5.75 Å². The molecule has 1 saturated carbocycles. The molecule has 0 aromatic heterocycles. The lowest BCUT2D eigenvalue weighted by molar-refractivity contribution is 0.0540. The van der Waals surface area contributed by atoms with E-state index in [4.69, 9.17) is 22.1 Å². The largest absolute Gasteiger partial charge is 0.488 e. The molecule has 1 fully saturated rings. The summed E-state index contributed by atoms with van der Waals surface area (Å²) >= 11 is 5.81. The van der Waals surface area contributed by atoms with E-state index in [1.54, 1.807) is 18.2 Å². The Balaban J connectivity index is 2.02. The van der Waals surface area contributed by atoms with Gasteiger partial charge in [-0.05, 0) is 37.5 Å². The highest BCUT2D eigenvalue weighted by molar-refractivity contribution is 6.30. The summed E-state index contributed by atoms with van der Waals surface area (Å²) < 4.78 is 5.77. The third-order valence-electron chi connectivity index (χ3n) is 2.86. The molecule has 4 heteroatoms. The minimum Gasteiger partial charge on any atom is -0.488 e. The number of aliphatic hydroxyl groups is 1. The Labute approximate surface area is 100 Å². The zero-order valence-electron chi connectivity index (χ0n) is 9.03. The van der Waals surface area contributed by atoms with Crippen LogP contribution in [0.4, 0.5) is 5.69 Å². The molecule has 2 atom stereocenters. The summed E-state index contributed by atoms with van der Waals surface area (Å²) in [6.45, 7) is 0. The van der Waals surface area contributed by atoms with Crippen LogP contribution < -0.4 is 10.5 Å². The lowest BCUT2D eigenvalue weighted by Crippen LogP contribution is -2.28. The van der Waals surface area contributed by atoms with E-state index in [0.717, 1.165) is 19.3 Å². The second kappa shape index (κ2) is 4.93. The average Bonchev–Trinajstić information content (AvgIpc) is 2.22. The van der Waals surface area contributed by atoms with Gasteiger partial charge in [0.2, 0.25) is 0 Å². The standard InChI is InChI=1S/C12H16ClNO2/c13-8-4-5-12(11(14)6-8)16-10-3-1-2-9(15)7-10/h4-6,9-10,15H,1-3,7,14H2. The normalized spacial score (nSPS) is 25.4. The lowest BCUT2D eigenvalue weighted by atomic mass is 9.95. The minimum atomic E-state index is -0.243. The Morgan fingerprint density at radius 2 is 2.19 bits per heavy atom. The molecule has 0 heterocycles. The molecule has 1 aromatic rings. The average molecular weight is 242 g/mol. The van der Waals surface area contributed by atoms with Crippen molar-refractivity contribution in [2.45, 2.75) is 37.9 Å². The van der Waals surface area contributed by atoms with Crippen LogP contribution in [0.25, 0.3) is 0 Å². The Kier molecular flexibility index (Phi) is 3.56. The third kappa shape index (κ3) is 2.80. The first kappa shape index (κ1) is 11.6. The first-order valence-corrected chi connectivity index (χ1v) is 5.92. The van der Waals surface area contributed by atoms with E-state index in [0.29, 0.717) is 22.9 Å². The van der Waals surface area contributed by atoms with Crippen molar-refractivity contribution in [3.8, 4) is 5.75 Å². The van der Waals surface area contributed by atoms with Gasteiger partial charge < -0.3 is 15.6 Å². The van der Waals surface area contributed by atoms with Gasteiger partial charge in [0.25, 0.3) is 0 Å². The number of halogens is 1. The highest BCUT2D eigenvalue weighted by atomic mass is 35.5. The van der Waals surface area contributed by atoms with Gasteiger partial charge in [0.05, 0.1) is 11.8 Å². The van der Waals surface area contributed by atoms with Crippen LogP contribution >= 0.6 is 11.6 Å². The maximum absolute atomic E-state index is 9.54. The van der Waals surface area contributed by atoms with Gasteiger partial charge in [-0.2, -0.15) is 0 Å². The van der Waals surface area contributed by atoms with Gasteiger partial charge in [0.15, 0.2) is 0 Å². The van der Waals surface area contributed by atoms with Crippen LogP contribution in [0.2, 0.25) is 5.02 Å². The summed E-state index contributed by atoms with van der Waals surface area (Å²) in [6.07, 6.45) is 3.34. The van der Waals surface area contributed by atoms with Crippen molar-refractivity contribution in [1.29, 1.82) is 0 Å². The fourth-order valence-corrected chi connectivity index (χ4v) is 2.21.